The minimum absolute atomic E-state index is 0.163. The molecule has 3 heteroatoms. The standard InChI is InChI=1S/C17H20ClNO/c1-17(2,3)13-6-4-12(5-7-13)11-20-16-10-14(18)8-9-15(16)19/h4-10H,11,19H2,1-3H3. The van der Waals surface area contributed by atoms with Gasteiger partial charge in [0.15, 0.2) is 0 Å². The van der Waals surface area contributed by atoms with Crippen LogP contribution in [0.3, 0.4) is 0 Å². The molecular formula is C17H20ClNO. The van der Waals surface area contributed by atoms with Crippen molar-refractivity contribution in [2.45, 2.75) is 32.8 Å². The molecule has 106 valence electrons. The van der Waals surface area contributed by atoms with Crippen LogP contribution in [-0.2, 0) is 12.0 Å². The fourth-order valence-corrected chi connectivity index (χ4v) is 2.06. The van der Waals surface area contributed by atoms with E-state index in [1.807, 2.05) is 0 Å². The summed E-state index contributed by atoms with van der Waals surface area (Å²) in [6.45, 7) is 7.08. The Morgan fingerprint density at radius 2 is 1.70 bits per heavy atom. The van der Waals surface area contributed by atoms with Gasteiger partial charge in [-0.15, -0.1) is 0 Å². The third kappa shape index (κ3) is 3.67. The monoisotopic (exact) mass is 289 g/mol. The highest BCUT2D eigenvalue weighted by atomic mass is 35.5. The summed E-state index contributed by atoms with van der Waals surface area (Å²) in [5.41, 5.74) is 9.03. The van der Waals surface area contributed by atoms with Gasteiger partial charge in [-0.05, 0) is 28.7 Å². The van der Waals surface area contributed by atoms with Crippen molar-refractivity contribution < 1.29 is 4.74 Å². The second-order valence-corrected chi connectivity index (χ2v) is 6.35. The lowest BCUT2D eigenvalue weighted by Gasteiger charge is -2.19. The van der Waals surface area contributed by atoms with Crippen LogP contribution in [0.5, 0.6) is 5.75 Å². The van der Waals surface area contributed by atoms with Gasteiger partial charge in [-0.25, -0.2) is 0 Å². The van der Waals surface area contributed by atoms with E-state index in [0.717, 1.165) is 5.56 Å². The Morgan fingerprint density at radius 1 is 1.05 bits per heavy atom. The van der Waals surface area contributed by atoms with Crippen molar-refractivity contribution in [2.75, 3.05) is 5.73 Å². The number of ether oxygens (including phenoxy) is 1. The fraction of sp³-hybridized carbons (Fsp3) is 0.294. The normalized spacial score (nSPS) is 11.4. The molecule has 2 aromatic carbocycles. The van der Waals surface area contributed by atoms with Crippen molar-refractivity contribution in [2.24, 2.45) is 0 Å². The molecule has 0 saturated carbocycles. The minimum Gasteiger partial charge on any atom is -0.487 e. The molecular weight excluding hydrogens is 270 g/mol. The Bertz CT molecular complexity index is 585. The molecule has 0 heterocycles. The average Bonchev–Trinajstić information content (AvgIpc) is 2.39. The first-order valence-corrected chi connectivity index (χ1v) is 7.01. The van der Waals surface area contributed by atoms with Gasteiger partial charge in [-0.3, -0.25) is 0 Å². The van der Waals surface area contributed by atoms with Crippen LogP contribution in [0, 0.1) is 0 Å². The number of hydrogen-bond donors (Lipinski definition) is 1. The lowest BCUT2D eigenvalue weighted by atomic mass is 9.87. The molecule has 2 rings (SSSR count). The average molecular weight is 290 g/mol. The quantitative estimate of drug-likeness (QED) is 0.824. The second-order valence-electron chi connectivity index (χ2n) is 5.92. The maximum absolute atomic E-state index is 5.93. The summed E-state index contributed by atoms with van der Waals surface area (Å²) in [7, 11) is 0. The third-order valence-corrected chi connectivity index (χ3v) is 3.43. The summed E-state index contributed by atoms with van der Waals surface area (Å²) in [6, 6.07) is 13.7. The van der Waals surface area contributed by atoms with Crippen LogP contribution in [0.25, 0.3) is 0 Å². The molecule has 20 heavy (non-hydrogen) atoms. The van der Waals surface area contributed by atoms with E-state index >= 15 is 0 Å². The zero-order chi connectivity index (χ0) is 14.8. The van der Waals surface area contributed by atoms with E-state index in [1.165, 1.54) is 5.56 Å². The molecule has 0 saturated heterocycles. The molecule has 0 amide bonds. The molecule has 2 aromatic rings. The molecule has 0 bridgehead atoms. The lowest BCUT2D eigenvalue weighted by Crippen LogP contribution is -2.10. The Labute approximate surface area is 125 Å². The van der Waals surface area contributed by atoms with Crippen LogP contribution in [0.4, 0.5) is 5.69 Å². The van der Waals surface area contributed by atoms with Gasteiger partial charge in [0.25, 0.3) is 0 Å². The van der Waals surface area contributed by atoms with E-state index in [-0.39, 0.29) is 5.41 Å². The molecule has 2 nitrogen and oxygen atoms in total. The summed E-state index contributed by atoms with van der Waals surface area (Å²) in [6.07, 6.45) is 0. The van der Waals surface area contributed by atoms with Crippen molar-refractivity contribution >= 4 is 17.3 Å². The smallest absolute Gasteiger partial charge is 0.144 e. The first kappa shape index (κ1) is 14.7. The Kier molecular flexibility index (Phi) is 4.24. The molecule has 0 radical (unpaired) electrons. The van der Waals surface area contributed by atoms with Crippen LogP contribution < -0.4 is 10.5 Å². The van der Waals surface area contributed by atoms with Crippen LogP contribution >= 0.6 is 11.6 Å². The van der Waals surface area contributed by atoms with Crippen molar-refractivity contribution in [3.05, 3.63) is 58.6 Å². The molecule has 0 aliphatic heterocycles. The van der Waals surface area contributed by atoms with Gasteiger partial charge in [0, 0.05) is 11.1 Å². The molecule has 0 aliphatic carbocycles. The van der Waals surface area contributed by atoms with E-state index in [2.05, 4.69) is 45.0 Å². The van der Waals surface area contributed by atoms with Gasteiger partial charge in [0.1, 0.15) is 12.4 Å². The van der Waals surface area contributed by atoms with Gasteiger partial charge in [0.05, 0.1) is 5.69 Å². The second kappa shape index (κ2) is 5.76. The number of halogens is 1. The predicted octanol–water partition coefficient (Wildman–Crippen LogP) is 4.80. The Hall–Kier alpha value is -1.67. The summed E-state index contributed by atoms with van der Waals surface area (Å²) in [5.74, 6) is 0.623. The predicted molar refractivity (Wildman–Crippen MR) is 85.3 cm³/mol. The van der Waals surface area contributed by atoms with Crippen LogP contribution in [-0.4, -0.2) is 0 Å². The molecule has 0 unspecified atom stereocenters. The molecule has 0 fully saturated rings. The van der Waals surface area contributed by atoms with Crippen molar-refractivity contribution in [1.29, 1.82) is 0 Å². The van der Waals surface area contributed by atoms with Gasteiger partial charge in [0.2, 0.25) is 0 Å². The first-order chi connectivity index (χ1) is 9.36. The first-order valence-electron chi connectivity index (χ1n) is 6.63. The Morgan fingerprint density at radius 3 is 2.30 bits per heavy atom. The van der Waals surface area contributed by atoms with Gasteiger partial charge < -0.3 is 10.5 Å². The fourth-order valence-electron chi connectivity index (χ4n) is 1.90. The van der Waals surface area contributed by atoms with Gasteiger partial charge in [-0.2, -0.15) is 0 Å². The van der Waals surface area contributed by atoms with Crippen LogP contribution in [0.15, 0.2) is 42.5 Å². The zero-order valence-corrected chi connectivity index (χ0v) is 12.9. The maximum Gasteiger partial charge on any atom is 0.144 e. The van der Waals surface area contributed by atoms with E-state index in [1.54, 1.807) is 18.2 Å². The number of hydrogen-bond acceptors (Lipinski definition) is 2. The van der Waals surface area contributed by atoms with E-state index in [4.69, 9.17) is 22.1 Å². The zero-order valence-electron chi connectivity index (χ0n) is 12.1. The third-order valence-electron chi connectivity index (χ3n) is 3.19. The van der Waals surface area contributed by atoms with Crippen LogP contribution in [0.2, 0.25) is 5.02 Å². The Balaban J connectivity index is 2.06. The van der Waals surface area contributed by atoms with Crippen LogP contribution in [0.1, 0.15) is 31.9 Å². The van der Waals surface area contributed by atoms with E-state index < -0.39 is 0 Å². The molecule has 0 aromatic heterocycles. The molecule has 0 aliphatic rings. The largest absolute Gasteiger partial charge is 0.487 e. The summed E-state index contributed by atoms with van der Waals surface area (Å²) >= 11 is 5.93. The van der Waals surface area contributed by atoms with Crippen molar-refractivity contribution in [1.82, 2.24) is 0 Å². The number of nitrogen functional groups attached to an aromatic ring is 1. The summed E-state index contributed by atoms with van der Waals surface area (Å²) < 4.78 is 5.72. The van der Waals surface area contributed by atoms with E-state index in [9.17, 15) is 0 Å². The summed E-state index contributed by atoms with van der Waals surface area (Å²) in [4.78, 5) is 0. The number of benzene rings is 2. The van der Waals surface area contributed by atoms with Gasteiger partial charge >= 0.3 is 0 Å². The number of anilines is 1. The molecule has 0 atom stereocenters. The highest BCUT2D eigenvalue weighted by Gasteiger charge is 2.12. The minimum atomic E-state index is 0.163. The SMILES string of the molecule is CC(C)(C)c1ccc(COc2cc(Cl)ccc2N)cc1. The topological polar surface area (TPSA) is 35.2 Å². The number of nitrogens with two attached hydrogens (primary N) is 1. The number of rotatable bonds is 3. The summed E-state index contributed by atoms with van der Waals surface area (Å²) in [5, 5.41) is 0.622. The molecule has 2 N–H and O–H groups in total. The van der Waals surface area contributed by atoms with Gasteiger partial charge in [-0.1, -0.05) is 56.6 Å². The van der Waals surface area contributed by atoms with E-state index in [0.29, 0.717) is 23.1 Å². The van der Waals surface area contributed by atoms with Crippen molar-refractivity contribution in [3.8, 4) is 5.75 Å². The highest BCUT2D eigenvalue weighted by Crippen LogP contribution is 2.27. The maximum atomic E-state index is 5.93. The lowest BCUT2D eigenvalue weighted by molar-refractivity contribution is 0.308. The highest BCUT2D eigenvalue weighted by molar-refractivity contribution is 6.30. The van der Waals surface area contributed by atoms with Crippen molar-refractivity contribution in [3.63, 3.8) is 0 Å². The molecule has 0 spiro atoms.